The van der Waals surface area contributed by atoms with Crippen molar-refractivity contribution in [2.24, 2.45) is 0 Å². The summed E-state index contributed by atoms with van der Waals surface area (Å²) in [5, 5.41) is 6.62. The first-order valence-electron chi connectivity index (χ1n) is 10.9. The average Bonchev–Trinajstić information content (AvgIpc) is 2.85. The summed E-state index contributed by atoms with van der Waals surface area (Å²) < 4.78 is 55.2. The van der Waals surface area contributed by atoms with Crippen LogP contribution in [0.4, 0.5) is 25.0 Å². The Morgan fingerprint density at radius 2 is 1.54 bits per heavy atom. The first-order chi connectivity index (χ1) is 16.8. The highest BCUT2D eigenvalue weighted by atomic mass is 32.2. The lowest BCUT2D eigenvalue weighted by atomic mass is 10.1. The predicted molar refractivity (Wildman–Crippen MR) is 133 cm³/mol. The van der Waals surface area contributed by atoms with Crippen LogP contribution in [-0.4, -0.2) is 27.5 Å². The Bertz CT molecular complexity index is 1450. The zero-order valence-electron chi connectivity index (χ0n) is 18.6. The Morgan fingerprint density at radius 1 is 0.829 bits per heavy atom. The molecule has 35 heavy (non-hydrogen) atoms. The van der Waals surface area contributed by atoms with Gasteiger partial charge in [0, 0.05) is 19.2 Å². The SMILES string of the molecule is O=C(NCCCN(c1ccccc1)S(=O)(=O)c1ccc2ccccc2c1)Nc1ccc(F)cc1F. The number of para-hydroxylation sites is 1. The molecule has 0 unspecified atom stereocenters. The second-order valence-corrected chi connectivity index (χ2v) is 9.64. The highest BCUT2D eigenvalue weighted by molar-refractivity contribution is 7.92. The summed E-state index contributed by atoms with van der Waals surface area (Å²) in [6.45, 7) is 0.232. The van der Waals surface area contributed by atoms with E-state index in [2.05, 4.69) is 10.6 Å². The number of amides is 2. The fraction of sp³-hybridized carbons (Fsp3) is 0.115. The van der Waals surface area contributed by atoms with Crippen molar-refractivity contribution >= 4 is 38.2 Å². The molecule has 0 aromatic heterocycles. The number of sulfonamides is 1. The number of carbonyl (C=O) groups excluding carboxylic acids is 1. The van der Waals surface area contributed by atoms with E-state index in [1.807, 2.05) is 24.3 Å². The molecule has 0 saturated carbocycles. The van der Waals surface area contributed by atoms with E-state index in [1.165, 1.54) is 4.31 Å². The first-order valence-corrected chi connectivity index (χ1v) is 12.3. The molecule has 0 aliphatic rings. The number of anilines is 2. The van der Waals surface area contributed by atoms with Crippen LogP contribution in [0.3, 0.4) is 0 Å². The molecular formula is C26H23F2N3O3S. The zero-order chi connectivity index (χ0) is 24.8. The van der Waals surface area contributed by atoms with Gasteiger partial charge >= 0.3 is 6.03 Å². The molecule has 0 heterocycles. The van der Waals surface area contributed by atoms with Crippen LogP contribution in [-0.2, 0) is 10.0 Å². The van der Waals surface area contributed by atoms with E-state index in [-0.39, 0.29) is 23.7 Å². The molecule has 0 radical (unpaired) electrons. The molecule has 6 nitrogen and oxygen atoms in total. The number of nitrogens with zero attached hydrogens (tertiary/aromatic N) is 1. The van der Waals surface area contributed by atoms with Crippen molar-refractivity contribution in [2.75, 3.05) is 22.7 Å². The molecule has 4 aromatic carbocycles. The van der Waals surface area contributed by atoms with Crippen molar-refractivity contribution in [3.05, 3.63) is 103 Å². The van der Waals surface area contributed by atoms with E-state index < -0.39 is 27.7 Å². The molecule has 0 atom stereocenters. The number of benzene rings is 4. The normalized spacial score (nSPS) is 11.3. The molecule has 4 rings (SSSR count). The largest absolute Gasteiger partial charge is 0.338 e. The first kappa shape index (κ1) is 24.2. The fourth-order valence-electron chi connectivity index (χ4n) is 3.62. The van der Waals surface area contributed by atoms with Gasteiger partial charge in [-0.15, -0.1) is 0 Å². The maximum absolute atomic E-state index is 13.7. The monoisotopic (exact) mass is 495 g/mol. The van der Waals surface area contributed by atoms with Gasteiger partial charge in [-0.3, -0.25) is 4.31 Å². The van der Waals surface area contributed by atoms with Gasteiger partial charge in [0.15, 0.2) is 0 Å². The summed E-state index contributed by atoms with van der Waals surface area (Å²) >= 11 is 0. The lowest BCUT2D eigenvalue weighted by molar-refractivity contribution is 0.252. The van der Waals surface area contributed by atoms with Gasteiger partial charge in [0.25, 0.3) is 10.0 Å². The van der Waals surface area contributed by atoms with Gasteiger partial charge in [0.2, 0.25) is 0 Å². The highest BCUT2D eigenvalue weighted by Gasteiger charge is 2.25. The molecule has 4 aromatic rings. The third kappa shape index (κ3) is 5.75. The van der Waals surface area contributed by atoms with Crippen LogP contribution in [0.5, 0.6) is 0 Å². The van der Waals surface area contributed by atoms with Crippen molar-refractivity contribution < 1.29 is 22.0 Å². The molecule has 0 saturated heterocycles. The summed E-state index contributed by atoms with van der Waals surface area (Å²) in [7, 11) is -3.88. The topological polar surface area (TPSA) is 78.5 Å². The second-order valence-electron chi connectivity index (χ2n) is 7.78. The second kappa shape index (κ2) is 10.5. The zero-order valence-corrected chi connectivity index (χ0v) is 19.4. The van der Waals surface area contributed by atoms with E-state index in [4.69, 9.17) is 0 Å². The van der Waals surface area contributed by atoms with Crippen molar-refractivity contribution in [1.29, 1.82) is 0 Å². The van der Waals surface area contributed by atoms with Gasteiger partial charge < -0.3 is 10.6 Å². The molecule has 0 spiro atoms. The van der Waals surface area contributed by atoms with E-state index in [0.717, 1.165) is 22.9 Å². The minimum atomic E-state index is -3.88. The van der Waals surface area contributed by atoms with Crippen LogP contribution in [0.1, 0.15) is 6.42 Å². The van der Waals surface area contributed by atoms with Crippen molar-refractivity contribution in [3.63, 3.8) is 0 Å². The minimum Gasteiger partial charge on any atom is -0.338 e. The van der Waals surface area contributed by atoms with Gasteiger partial charge in [-0.25, -0.2) is 22.0 Å². The number of halogens is 2. The van der Waals surface area contributed by atoms with Crippen LogP contribution in [0.25, 0.3) is 10.8 Å². The van der Waals surface area contributed by atoms with Crippen LogP contribution < -0.4 is 14.9 Å². The van der Waals surface area contributed by atoms with Gasteiger partial charge in [0.05, 0.1) is 16.3 Å². The van der Waals surface area contributed by atoms with Gasteiger partial charge in [-0.05, 0) is 53.6 Å². The number of nitrogens with one attached hydrogen (secondary N) is 2. The standard InChI is InChI=1S/C26H23F2N3O3S/c27-21-12-14-25(24(28)18-21)30-26(32)29-15-6-16-31(22-9-2-1-3-10-22)35(33,34)23-13-11-19-7-4-5-8-20(19)17-23/h1-5,7-14,17-18H,6,15-16H2,(H2,29,30,32). The Kier molecular flexibility index (Phi) is 7.26. The molecule has 2 amide bonds. The maximum atomic E-state index is 13.7. The summed E-state index contributed by atoms with van der Waals surface area (Å²) in [5.74, 6) is -1.64. The molecule has 2 N–H and O–H groups in total. The molecule has 0 fully saturated rings. The highest BCUT2D eigenvalue weighted by Crippen LogP contribution is 2.26. The third-order valence-corrected chi connectivity index (χ3v) is 7.18. The molecule has 180 valence electrons. The molecule has 0 aliphatic carbocycles. The summed E-state index contributed by atoms with van der Waals surface area (Å²) in [6, 6.07) is 23.4. The summed E-state index contributed by atoms with van der Waals surface area (Å²) in [6.07, 6.45) is 0.293. The van der Waals surface area contributed by atoms with Crippen molar-refractivity contribution in [3.8, 4) is 0 Å². The average molecular weight is 496 g/mol. The van der Waals surface area contributed by atoms with Crippen molar-refractivity contribution in [1.82, 2.24) is 5.32 Å². The van der Waals surface area contributed by atoms with Gasteiger partial charge in [-0.1, -0.05) is 48.5 Å². The fourth-order valence-corrected chi connectivity index (χ4v) is 5.16. The summed E-state index contributed by atoms with van der Waals surface area (Å²) in [5.41, 5.74) is 0.340. The molecule has 0 aliphatic heterocycles. The van der Waals surface area contributed by atoms with Gasteiger partial charge in [0.1, 0.15) is 11.6 Å². The number of urea groups is 1. The Labute approximate surface area is 202 Å². The molecular weight excluding hydrogens is 472 g/mol. The number of rotatable bonds is 8. The van der Waals surface area contributed by atoms with E-state index >= 15 is 0 Å². The quantitative estimate of drug-likeness (QED) is 0.316. The van der Waals surface area contributed by atoms with Crippen LogP contribution >= 0.6 is 0 Å². The third-order valence-electron chi connectivity index (χ3n) is 5.36. The van der Waals surface area contributed by atoms with E-state index in [0.29, 0.717) is 18.2 Å². The number of carbonyl (C=O) groups is 1. The summed E-state index contributed by atoms with van der Waals surface area (Å²) in [4.78, 5) is 12.3. The predicted octanol–water partition coefficient (Wildman–Crippen LogP) is 5.53. The van der Waals surface area contributed by atoms with Gasteiger partial charge in [-0.2, -0.15) is 0 Å². The van der Waals surface area contributed by atoms with E-state index in [1.54, 1.807) is 48.5 Å². The van der Waals surface area contributed by atoms with Crippen LogP contribution in [0.15, 0.2) is 95.9 Å². The molecule has 9 heteroatoms. The lowest BCUT2D eigenvalue weighted by Gasteiger charge is -2.25. The Balaban J connectivity index is 1.46. The maximum Gasteiger partial charge on any atom is 0.319 e. The number of fused-ring (bicyclic) bond motifs is 1. The lowest BCUT2D eigenvalue weighted by Crippen LogP contribution is -2.35. The number of hydrogen-bond donors (Lipinski definition) is 2. The van der Waals surface area contributed by atoms with E-state index in [9.17, 15) is 22.0 Å². The smallest absolute Gasteiger partial charge is 0.319 e. The molecule has 0 bridgehead atoms. The minimum absolute atomic E-state index is 0.102. The Hall–Kier alpha value is -3.98. The Morgan fingerprint density at radius 3 is 2.29 bits per heavy atom. The van der Waals surface area contributed by atoms with Crippen LogP contribution in [0, 0.1) is 11.6 Å². The van der Waals surface area contributed by atoms with Crippen molar-refractivity contribution in [2.45, 2.75) is 11.3 Å². The number of hydrogen-bond acceptors (Lipinski definition) is 3. The van der Waals surface area contributed by atoms with Crippen LogP contribution in [0.2, 0.25) is 0 Å².